The van der Waals surface area contributed by atoms with Gasteiger partial charge in [0.25, 0.3) is 7.82 Å². The van der Waals surface area contributed by atoms with Gasteiger partial charge in [0.2, 0.25) is 0 Å². The molecule has 2 atom stereocenters. The summed E-state index contributed by atoms with van der Waals surface area (Å²) in [6, 6.07) is 0. The van der Waals surface area contributed by atoms with E-state index in [2.05, 4.69) is 86.8 Å². The Morgan fingerprint density at radius 3 is 1.63 bits per heavy atom. The second-order valence-corrected chi connectivity index (χ2v) is 16.4. The second-order valence-electron chi connectivity index (χ2n) is 15.0. The topological polar surface area (TPSA) is 94.1 Å². The maximum absolute atomic E-state index is 12.6. The van der Waals surface area contributed by atoms with Gasteiger partial charge in [0, 0.05) is 13.0 Å². The summed E-state index contributed by atoms with van der Waals surface area (Å²) in [5.74, 6) is -0.362. The number of rotatable bonds is 38. The first-order valence-electron chi connectivity index (χ1n) is 21.2. The van der Waals surface area contributed by atoms with Crippen molar-refractivity contribution in [3.63, 3.8) is 0 Å². The number of hydrogen-bond donors (Lipinski definition) is 0. The Balaban J connectivity index is 4.37. The molecule has 0 bridgehead atoms. The molecular weight excluding hydrogens is 697 g/mol. The van der Waals surface area contributed by atoms with E-state index in [4.69, 9.17) is 18.5 Å². The highest BCUT2D eigenvalue weighted by Crippen LogP contribution is 2.38. The lowest BCUT2D eigenvalue weighted by Gasteiger charge is -2.28. The van der Waals surface area contributed by atoms with Crippen LogP contribution in [0.5, 0.6) is 0 Å². The van der Waals surface area contributed by atoms with Gasteiger partial charge >= 0.3 is 5.97 Å². The van der Waals surface area contributed by atoms with Crippen molar-refractivity contribution in [1.29, 1.82) is 0 Å². The molecule has 0 aliphatic rings. The molecule has 0 saturated heterocycles. The van der Waals surface area contributed by atoms with Crippen LogP contribution in [0.2, 0.25) is 0 Å². The van der Waals surface area contributed by atoms with Gasteiger partial charge in [-0.15, -0.1) is 0 Å². The first-order chi connectivity index (χ1) is 26.1. The number of unbranched alkanes of at least 4 members (excludes halogenated alkanes) is 12. The van der Waals surface area contributed by atoms with Gasteiger partial charge in [-0.25, -0.2) is 0 Å². The molecule has 0 rings (SSSR count). The van der Waals surface area contributed by atoms with Crippen LogP contribution < -0.4 is 4.89 Å². The largest absolute Gasteiger partial charge is 0.756 e. The Morgan fingerprint density at radius 1 is 0.593 bits per heavy atom. The van der Waals surface area contributed by atoms with Crippen molar-refractivity contribution in [3.8, 4) is 0 Å². The molecule has 0 aromatic rings. The minimum Gasteiger partial charge on any atom is -0.756 e. The second kappa shape index (κ2) is 37.8. The number of hydrogen-bond acceptors (Lipinski definition) is 7. The van der Waals surface area contributed by atoms with Crippen LogP contribution in [0.25, 0.3) is 0 Å². The molecular formula is C45H80NO7P. The van der Waals surface area contributed by atoms with E-state index in [0.29, 0.717) is 17.6 Å². The smallest absolute Gasteiger partial charge is 0.306 e. The number of phosphoric acid groups is 1. The molecule has 312 valence electrons. The number of likely N-dealkylation sites (N-methyl/N-ethyl adjacent to an activating group) is 1. The van der Waals surface area contributed by atoms with Gasteiger partial charge in [-0.05, 0) is 83.5 Å². The summed E-state index contributed by atoms with van der Waals surface area (Å²) in [6.45, 7) is 5.14. The van der Waals surface area contributed by atoms with E-state index in [0.717, 1.165) is 83.5 Å². The van der Waals surface area contributed by atoms with E-state index in [9.17, 15) is 14.3 Å². The number of carbonyl (C=O) groups excluding carboxylic acids is 1. The zero-order valence-electron chi connectivity index (χ0n) is 35.1. The molecule has 54 heavy (non-hydrogen) atoms. The minimum absolute atomic E-state index is 0.0124. The zero-order valence-corrected chi connectivity index (χ0v) is 36.0. The highest BCUT2D eigenvalue weighted by Gasteiger charge is 2.20. The fraction of sp³-hybridized carbons (Fsp3) is 0.711. The van der Waals surface area contributed by atoms with Gasteiger partial charge in [0.1, 0.15) is 19.3 Å². The molecule has 0 heterocycles. The summed E-state index contributed by atoms with van der Waals surface area (Å²) in [7, 11) is 1.31. The third-order valence-corrected chi connectivity index (χ3v) is 9.46. The summed E-state index contributed by atoms with van der Waals surface area (Å²) in [5.41, 5.74) is 0. The Kier molecular flexibility index (Phi) is 36.4. The van der Waals surface area contributed by atoms with Crippen molar-refractivity contribution < 1.29 is 37.3 Å². The van der Waals surface area contributed by atoms with E-state index >= 15 is 0 Å². The first kappa shape index (κ1) is 51.9. The van der Waals surface area contributed by atoms with Crippen molar-refractivity contribution in [1.82, 2.24) is 0 Å². The number of carbonyl (C=O) groups is 1. The normalized spacial score (nSPS) is 14.6. The average molecular weight is 778 g/mol. The molecule has 0 N–H and O–H groups in total. The van der Waals surface area contributed by atoms with Crippen LogP contribution >= 0.6 is 7.82 Å². The lowest BCUT2D eigenvalue weighted by molar-refractivity contribution is -0.870. The van der Waals surface area contributed by atoms with Gasteiger partial charge in [0.15, 0.2) is 0 Å². The van der Waals surface area contributed by atoms with Gasteiger partial charge < -0.3 is 27.9 Å². The maximum atomic E-state index is 12.6. The molecule has 0 aliphatic carbocycles. The zero-order chi connectivity index (χ0) is 39.9. The van der Waals surface area contributed by atoms with Crippen LogP contribution in [-0.4, -0.2) is 70.7 Å². The number of esters is 1. The van der Waals surface area contributed by atoms with Gasteiger partial charge in [-0.3, -0.25) is 9.36 Å². The van der Waals surface area contributed by atoms with Crippen molar-refractivity contribution in [2.75, 3.05) is 54.1 Å². The third-order valence-electron chi connectivity index (χ3n) is 8.49. The van der Waals surface area contributed by atoms with E-state index in [1.54, 1.807) is 0 Å². The molecule has 0 aliphatic heterocycles. The van der Waals surface area contributed by atoms with Gasteiger partial charge in [0.05, 0.1) is 34.4 Å². The molecule has 0 spiro atoms. The lowest BCUT2D eigenvalue weighted by atomic mass is 10.1. The molecule has 2 unspecified atom stereocenters. The maximum Gasteiger partial charge on any atom is 0.306 e. The minimum atomic E-state index is -4.54. The number of nitrogens with zero attached hydrogens (tertiary/aromatic N) is 1. The first-order valence-corrected chi connectivity index (χ1v) is 22.6. The summed E-state index contributed by atoms with van der Waals surface area (Å²) in [4.78, 5) is 25.0. The fourth-order valence-corrected chi connectivity index (χ4v) is 5.94. The molecule has 0 aromatic carbocycles. The van der Waals surface area contributed by atoms with Crippen LogP contribution in [0.15, 0.2) is 72.9 Å². The van der Waals surface area contributed by atoms with Crippen molar-refractivity contribution in [2.45, 2.75) is 155 Å². The summed E-state index contributed by atoms with van der Waals surface area (Å²) >= 11 is 0. The third kappa shape index (κ3) is 41.1. The van der Waals surface area contributed by atoms with E-state index in [1.807, 2.05) is 21.1 Å². The highest BCUT2D eigenvalue weighted by molar-refractivity contribution is 7.45. The molecule has 8 nitrogen and oxygen atoms in total. The van der Waals surface area contributed by atoms with Gasteiger partial charge in [-0.2, -0.15) is 0 Å². The van der Waals surface area contributed by atoms with E-state index in [-0.39, 0.29) is 32.2 Å². The number of quaternary nitrogens is 1. The molecule has 0 saturated carbocycles. The molecule has 0 amide bonds. The average Bonchev–Trinajstić information content (AvgIpc) is 3.12. The van der Waals surface area contributed by atoms with Crippen LogP contribution in [0.4, 0.5) is 0 Å². The van der Waals surface area contributed by atoms with Crippen LogP contribution in [0.1, 0.15) is 149 Å². The van der Waals surface area contributed by atoms with E-state index in [1.165, 1.54) is 44.9 Å². The van der Waals surface area contributed by atoms with Crippen molar-refractivity contribution in [3.05, 3.63) is 72.9 Å². The number of phosphoric ester groups is 1. The quantitative estimate of drug-likeness (QED) is 0.0202. The predicted octanol–water partition coefficient (Wildman–Crippen LogP) is 11.7. The van der Waals surface area contributed by atoms with Crippen molar-refractivity contribution >= 4 is 13.8 Å². The van der Waals surface area contributed by atoms with Crippen molar-refractivity contribution in [2.24, 2.45) is 0 Å². The molecule has 0 radical (unpaired) electrons. The van der Waals surface area contributed by atoms with E-state index < -0.39 is 13.9 Å². The Morgan fingerprint density at radius 2 is 1.07 bits per heavy atom. The van der Waals surface area contributed by atoms with Crippen LogP contribution in [0.3, 0.4) is 0 Å². The highest BCUT2D eigenvalue weighted by atomic mass is 31.2. The van der Waals surface area contributed by atoms with Gasteiger partial charge in [-0.1, -0.05) is 132 Å². The summed E-state index contributed by atoms with van der Waals surface area (Å²) in [5, 5.41) is 0. The summed E-state index contributed by atoms with van der Waals surface area (Å²) in [6.07, 6.45) is 47.7. The Labute approximate surface area is 332 Å². The fourth-order valence-electron chi connectivity index (χ4n) is 5.21. The monoisotopic (exact) mass is 778 g/mol. The Bertz CT molecular complexity index is 1090. The number of ether oxygens (including phenoxy) is 2. The Hall–Kier alpha value is -2.06. The molecule has 9 heteroatoms. The van der Waals surface area contributed by atoms with Crippen LogP contribution in [0, 0.1) is 0 Å². The number of allylic oxidation sites excluding steroid dienone is 12. The lowest BCUT2D eigenvalue weighted by Crippen LogP contribution is -2.37. The standard InChI is InChI=1S/C45H80NO7P/c1-6-8-10-12-14-16-18-20-22-23-24-25-27-29-31-33-35-37-40-50-42-44(43-52-54(48,49)51-41-39-46(3,4)5)53-45(47)38-36-34-32-30-28-26-21-19-17-15-13-11-9-7-2/h8,10,14,16,19-22,24-25,29,31,44H,6-7,9,11-13,15,17-18,23,26-28,30,32-43H2,1-5H3/b10-8-,16-14-,21-19-,22-20-,25-24-,31-29-. The molecule has 0 aromatic heterocycles. The predicted molar refractivity (Wildman–Crippen MR) is 226 cm³/mol. The molecule has 0 fully saturated rings. The van der Waals surface area contributed by atoms with Crippen LogP contribution in [-0.2, 0) is 27.9 Å². The summed E-state index contributed by atoms with van der Waals surface area (Å²) < 4.78 is 34.5. The SMILES string of the molecule is CC/C=C\C/C=C\C/C=C\C/C=C\C/C=C\CCCCOCC(COP(=O)([O-])OCC[N+](C)(C)C)OC(=O)CCCCCCC/C=C\CCCCCCC.